The number of thioether (sulfide) groups is 1. The molecule has 1 unspecified atom stereocenters. The highest BCUT2D eigenvalue weighted by atomic mass is 32.2. The number of rotatable bonds is 6. The van der Waals surface area contributed by atoms with Gasteiger partial charge < -0.3 is 10.1 Å². The third-order valence-corrected chi connectivity index (χ3v) is 5.08. The van der Waals surface area contributed by atoms with E-state index in [1.54, 1.807) is 10.6 Å². The zero-order chi connectivity index (χ0) is 17.8. The van der Waals surface area contributed by atoms with Crippen LogP contribution in [0.4, 0.5) is 5.69 Å². The molecule has 0 bridgehead atoms. The molecule has 0 saturated carbocycles. The highest BCUT2D eigenvalue weighted by Gasteiger charge is 2.27. The van der Waals surface area contributed by atoms with Gasteiger partial charge in [0.05, 0.1) is 18.3 Å². The fourth-order valence-electron chi connectivity index (χ4n) is 2.80. The highest BCUT2D eigenvalue weighted by molar-refractivity contribution is 7.99. The minimum absolute atomic E-state index is 0.0839. The summed E-state index contributed by atoms with van der Waals surface area (Å²) in [5, 5.41) is 3.59. The number of hydrogen-bond acceptors (Lipinski definition) is 5. The number of aromatic nitrogens is 2. The average Bonchev–Trinajstić information content (AvgIpc) is 3.00. The van der Waals surface area contributed by atoms with E-state index in [-0.39, 0.29) is 23.9 Å². The van der Waals surface area contributed by atoms with Gasteiger partial charge in [0.1, 0.15) is 5.75 Å². The molecule has 2 heterocycles. The van der Waals surface area contributed by atoms with Gasteiger partial charge in [-0.1, -0.05) is 30.8 Å². The minimum atomic E-state index is -0.176. The molecule has 3 rings (SSSR count). The monoisotopic (exact) mass is 359 g/mol. The molecule has 25 heavy (non-hydrogen) atoms. The van der Waals surface area contributed by atoms with Gasteiger partial charge in [0, 0.05) is 23.9 Å². The van der Waals surface area contributed by atoms with E-state index in [1.807, 2.05) is 38.1 Å². The predicted octanol–water partition coefficient (Wildman–Crippen LogP) is 2.88. The molecule has 0 fully saturated rings. The fraction of sp³-hybridized carbons (Fsp3) is 0.389. The average molecular weight is 359 g/mol. The number of ether oxygens (including phenoxy) is 1. The van der Waals surface area contributed by atoms with Crippen LogP contribution in [0.3, 0.4) is 0 Å². The van der Waals surface area contributed by atoms with Gasteiger partial charge in [0.15, 0.2) is 5.16 Å². The number of hydrogen-bond donors (Lipinski definition) is 1. The lowest BCUT2D eigenvalue weighted by Gasteiger charge is -2.15. The van der Waals surface area contributed by atoms with Gasteiger partial charge >= 0.3 is 0 Å². The maximum absolute atomic E-state index is 12.5. The Morgan fingerprint density at radius 3 is 2.96 bits per heavy atom. The summed E-state index contributed by atoms with van der Waals surface area (Å²) in [6.45, 7) is 4.40. The quantitative estimate of drug-likeness (QED) is 0.803. The Morgan fingerprint density at radius 2 is 2.20 bits per heavy atom. The molecule has 7 heteroatoms. The van der Waals surface area contributed by atoms with Gasteiger partial charge in [-0.15, -0.1) is 0 Å². The fourth-order valence-corrected chi connectivity index (χ4v) is 3.96. The Hall–Kier alpha value is -2.28. The number of anilines is 1. The van der Waals surface area contributed by atoms with Crippen molar-refractivity contribution >= 4 is 23.4 Å². The maximum atomic E-state index is 12.5. The third-order valence-electron chi connectivity index (χ3n) is 3.99. The van der Waals surface area contributed by atoms with Crippen LogP contribution in [-0.2, 0) is 11.2 Å². The second-order valence-electron chi connectivity index (χ2n) is 5.74. The van der Waals surface area contributed by atoms with Crippen LogP contribution in [0.15, 0.2) is 40.3 Å². The first-order valence-corrected chi connectivity index (χ1v) is 9.37. The molecule has 2 aromatic rings. The van der Waals surface area contributed by atoms with Crippen molar-refractivity contribution in [3.8, 4) is 5.75 Å². The van der Waals surface area contributed by atoms with Gasteiger partial charge in [-0.05, 0) is 25.5 Å². The van der Waals surface area contributed by atoms with Gasteiger partial charge in [-0.25, -0.2) is 4.98 Å². The summed E-state index contributed by atoms with van der Waals surface area (Å²) in [4.78, 5) is 29.3. The summed E-state index contributed by atoms with van der Waals surface area (Å²) in [5.74, 6) is 1.18. The normalized spacial score (nSPS) is 15.7. The Morgan fingerprint density at radius 1 is 1.40 bits per heavy atom. The Labute approximate surface area is 150 Å². The van der Waals surface area contributed by atoms with Crippen molar-refractivity contribution in [2.45, 2.75) is 37.9 Å². The highest BCUT2D eigenvalue weighted by Crippen LogP contribution is 2.32. The van der Waals surface area contributed by atoms with E-state index in [2.05, 4.69) is 10.3 Å². The molecule has 1 aromatic carbocycles. The number of amides is 1. The van der Waals surface area contributed by atoms with E-state index >= 15 is 0 Å². The zero-order valence-electron chi connectivity index (χ0n) is 14.3. The van der Waals surface area contributed by atoms with E-state index < -0.39 is 0 Å². The molecule has 0 saturated heterocycles. The molecule has 1 atom stereocenters. The van der Waals surface area contributed by atoms with Crippen LogP contribution in [0, 0.1) is 0 Å². The summed E-state index contributed by atoms with van der Waals surface area (Å²) in [7, 11) is 0. The van der Waals surface area contributed by atoms with Crippen LogP contribution in [0.25, 0.3) is 0 Å². The number of carbonyl (C=O) groups excluding carboxylic acids is 1. The molecule has 6 nitrogen and oxygen atoms in total. The van der Waals surface area contributed by atoms with Crippen molar-refractivity contribution in [3.05, 3.63) is 46.4 Å². The van der Waals surface area contributed by atoms with Crippen LogP contribution in [0.1, 0.15) is 32.0 Å². The number of para-hydroxylation sites is 2. The largest absolute Gasteiger partial charge is 0.492 e. The maximum Gasteiger partial charge on any atom is 0.254 e. The summed E-state index contributed by atoms with van der Waals surface area (Å²) in [5.41, 5.74) is 1.35. The van der Waals surface area contributed by atoms with Crippen molar-refractivity contribution in [1.82, 2.24) is 9.55 Å². The lowest BCUT2D eigenvalue weighted by molar-refractivity contribution is -0.116. The zero-order valence-corrected chi connectivity index (χ0v) is 15.1. The Kier molecular flexibility index (Phi) is 5.43. The van der Waals surface area contributed by atoms with E-state index in [0.717, 1.165) is 12.1 Å². The topological polar surface area (TPSA) is 73.2 Å². The van der Waals surface area contributed by atoms with E-state index in [0.29, 0.717) is 29.0 Å². The van der Waals surface area contributed by atoms with Crippen molar-refractivity contribution in [2.24, 2.45) is 0 Å². The van der Waals surface area contributed by atoms with Crippen LogP contribution in [-0.4, -0.2) is 27.8 Å². The van der Waals surface area contributed by atoms with E-state index in [9.17, 15) is 9.59 Å². The lowest BCUT2D eigenvalue weighted by atomic mass is 10.2. The number of benzene rings is 1. The number of carbonyl (C=O) groups is 1. The van der Waals surface area contributed by atoms with Gasteiger partial charge in [-0.2, -0.15) is 0 Å². The molecule has 0 aliphatic carbocycles. The second-order valence-corrected chi connectivity index (χ2v) is 6.73. The standard InChI is InChI=1S/C18H21N3O3S/c1-3-12-9-17(23)21-13(11-25-18(21)19-12)10-16(22)20-14-7-5-6-8-15(14)24-4-2/h5-9,13H,3-4,10-11H2,1-2H3,(H,20,22). The lowest BCUT2D eigenvalue weighted by Crippen LogP contribution is -2.27. The predicted molar refractivity (Wildman–Crippen MR) is 98.5 cm³/mol. The van der Waals surface area contributed by atoms with Crippen molar-refractivity contribution < 1.29 is 9.53 Å². The van der Waals surface area contributed by atoms with Crippen LogP contribution >= 0.6 is 11.8 Å². The van der Waals surface area contributed by atoms with Crippen LogP contribution in [0.2, 0.25) is 0 Å². The number of aryl methyl sites for hydroxylation is 1. The van der Waals surface area contributed by atoms with E-state index in [1.165, 1.54) is 11.8 Å². The molecule has 1 aromatic heterocycles. The van der Waals surface area contributed by atoms with Crippen molar-refractivity contribution in [2.75, 3.05) is 17.7 Å². The smallest absolute Gasteiger partial charge is 0.254 e. The van der Waals surface area contributed by atoms with Gasteiger partial charge in [-0.3, -0.25) is 14.2 Å². The minimum Gasteiger partial charge on any atom is -0.492 e. The first kappa shape index (κ1) is 17.5. The van der Waals surface area contributed by atoms with Crippen molar-refractivity contribution in [1.29, 1.82) is 0 Å². The summed E-state index contributed by atoms with van der Waals surface area (Å²) >= 11 is 1.53. The summed E-state index contributed by atoms with van der Waals surface area (Å²) < 4.78 is 7.16. The molecular weight excluding hydrogens is 338 g/mol. The van der Waals surface area contributed by atoms with Gasteiger partial charge in [0.2, 0.25) is 5.91 Å². The molecule has 1 aliphatic heterocycles. The Bertz CT molecular complexity index is 835. The molecule has 1 amide bonds. The molecular formula is C18H21N3O3S. The molecule has 1 N–H and O–H groups in total. The van der Waals surface area contributed by atoms with E-state index in [4.69, 9.17) is 4.74 Å². The summed E-state index contributed by atoms with van der Waals surface area (Å²) in [6.07, 6.45) is 0.955. The van der Waals surface area contributed by atoms with Crippen molar-refractivity contribution in [3.63, 3.8) is 0 Å². The van der Waals surface area contributed by atoms with Crippen LogP contribution < -0.4 is 15.6 Å². The Balaban J connectivity index is 1.73. The summed E-state index contributed by atoms with van der Waals surface area (Å²) in [6, 6.07) is 8.72. The molecule has 0 radical (unpaired) electrons. The number of fused-ring (bicyclic) bond motifs is 1. The molecule has 1 aliphatic rings. The first-order chi connectivity index (χ1) is 12.1. The number of nitrogens with zero attached hydrogens (tertiary/aromatic N) is 2. The second kappa shape index (κ2) is 7.74. The SMILES string of the molecule is CCOc1ccccc1NC(=O)CC1CSc2nc(CC)cc(=O)n21. The first-order valence-electron chi connectivity index (χ1n) is 8.39. The van der Waals surface area contributed by atoms with Gasteiger partial charge in [0.25, 0.3) is 5.56 Å². The molecule has 0 spiro atoms. The number of nitrogens with one attached hydrogen (secondary N) is 1. The third kappa shape index (κ3) is 3.87. The molecule has 132 valence electrons. The van der Waals surface area contributed by atoms with Crippen LogP contribution in [0.5, 0.6) is 5.75 Å².